The summed E-state index contributed by atoms with van der Waals surface area (Å²) < 4.78 is 0. The molecular formula is C21H31N3O. The zero-order valence-electron chi connectivity index (χ0n) is 15.3. The van der Waals surface area contributed by atoms with Gasteiger partial charge in [0.05, 0.1) is 0 Å². The normalized spacial score (nSPS) is 26.1. The minimum Gasteiger partial charge on any atom is -0.339 e. The standard InChI is InChI=1S/C21H31N3O/c25-21(24-14-9-20(10-15-24)23-12-1-2-13-23)18-7-5-17(6-8-18)19-4-3-11-22-16-19/h5-8,19-20,22H,1-4,9-16H2/t19-/m1/s1. The van der Waals surface area contributed by atoms with Gasteiger partial charge in [0.25, 0.3) is 5.91 Å². The molecule has 4 heteroatoms. The zero-order chi connectivity index (χ0) is 17.1. The predicted molar refractivity (Wildman–Crippen MR) is 101 cm³/mol. The van der Waals surface area contributed by atoms with Crippen molar-refractivity contribution in [2.45, 2.75) is 50.5 Å². The largest absolute Gasteiger partial charge is 0.339 e. The van der Waals surface area contributed by atoms with E-state index in [0.717, 1.165) is 44.6 Å². The van der Waals surface area contributed by atoms with Crippen LogP contribution in [0.1, 0.15) is 60.4 Å². The highest BCUT2D eigenvalue weighted by Gasteiger charge is 2.28. The predicted octanol–water partition coefficient (Wildman–Crippen LogP) is 2.85. The average molecular weight is 341 g/mol. The summed E-state index contributed by atoms with van der Waals surface area (Å²) in [5, 5.41) is 3.47. The van der Waals surface area contributed by atoms with Gasteiger partial charge in [-0.05, 0) is 81.8 Å². The monoisotopic (exact) mass is 341 g/mol. The van der Waals surface area contributed by atoms with E-state index >= 15 is 0 Å². The van der Waals surface area contributed by atoms with Crippen LogP contribution in [-0.2, 0) is 0 Å². The molecule has 136 valence electrons. The van der Waals surface area contributed by atoms with Gasteiger partial charge in [0.1, 0.15) is 0 Å². The molecule has 3 saturated heterocycles. The van der Waals surface area contributed by atoms with Crippen molar-refractivity contribution in [2.24, 2.45) is 0 Å². The van der Waals surface area contributed by atoms with Gasteiger partial charge in [-0.1, -0.05) is 12.1 Å². The summed E-state index contributed by atoms with van der Waals surface area (Å²) in [7, 11) is 0. The average Bonchev–Trinajstić information content (AvgIpc) is 3.23. The Hall–Kier alpha value is -1.39. The molecule has 1 aromatic carbocycles. The molecule has 0 spiro atoms. The number of carbonyl (C=O) groups is 1. The summed E-state index contributed by atoms with van der Waals surface area (Å²) in [6.45, 7) is 6.55. The first-order valence-electron chi connectivity index (χ1n) is 10.2. The van der Waals surface area contributed by atoms with Gasteiger partial charge in [0, 0.05) is 31.2 Å². The third kappa shape index (κ3) is 3.90. The molecule has 3 aliphatic rings. The Morgan fingerprint density at radius 3 is 2.28 bits per heavy atom. The van der Waals surface area contributed by atoms with Crippen molar-refractivity contribution in [1.82, 2.24) is 15.1 Å². The quantitative estimate of drug-likeness (QED) is 0.918. The van der Waals surface area contributed by atoms with Crippen LogP contribution >= 0.6 is 0 Å². The van der Waals surface area contributed by atoms with Crippen molar-refractivity contribution < 1.29 is 4.79 Å². The molecule has 0 radical (unpaired) electrons. The molecule has 0 aliphatic carbocycles. The molecule has 1 aromatic rings. The Morgan fingerprint density at radius 2 is 1.64 bits per heavy atom. The number of nitrogens with one attached hydrogen (secondary N) is 1. The summed E-state index contributed by atoms with van der Waals surface area (Å²) in [5.41, 5.74) is 2.23. The number of piperidine rings is 2. The third-order valence-corrected chi connectivity index (χ3v) is 6.33. The maximum absolute atomic E-state index is 12.8. The van der Waals surface area contributed by atoms with Crippen LogP contribution in [0.5, 0.6) is 0 Å². The zero-order valence-corrected chi connectivity index (χ0v) is 15.3. The minimum atomic E-state index is 0.216. The van der Waals surface area contributed by atoms with Crippen molar-refractivity contribution in [2.75, 3.05) is 39.3 Å². The van der Waals surface area contributed by atoms with Crippen LogP contribution in [0.4, 0.5) is 0 Å². The van der Waals surface area contributed by atoms with E-state index in [-0.39, 0.29) is 5.91 Å². The lowest BCUT2D eigenvalue weighted by Gasteiger charge is -2.36. The Bertz CT molecular complexity index is 565. The molecule has 0 unspecified atom stereocenters. The van der Waals surface area contributed by atoms with Crippen molar-refractivity contribution in [3.63, 3.8) is 0 Å². The fourth-order valence-electron chi connectivity index (χ4n) is 4.76. The van der Waals surface area contributed by atoms with Crippen LogP contribution in [0.3, 0.4) is 0 Å². The van der Waals surface area contributed by atoms with E-state index in [4.69, 9.17) is 0 Å². The summed E-state index contributed by atoms with van der Waals surface area (Å²) in [5.74, 6) is 0.822. The Kier molecular flexibility index (Phi) is 5.37. The van der Waals surface area contributed by atoms with E-state index in [1.165, 1.54) is 44.3 Å². The fraction of sp³-hybridized carbons (Fsp3) is 0.667. The van der Waals surface area contributed by atoms with Crippen molar-refractivity contribution in [3.8, 4) is 0 Å². The number of nitrogens with zero attached hydrogens (tertiary/aromatic N) is 2. The first-order chi connectivity index (χ1) is 12.3. The molecule has 3 aliphatic heterocycles. The minimum absolute atomic E-state index is 0.216. The van der Waals surface area contributed by atoms with Gasteiger partial charge in [-0.15, -0.1) is 0 Å². The molecule has 1 N–H and O–H groups in total. The number of benzene rings is 1. The number of likely N-dealkylation sites (tertiary alicyclic amines) is 2. The molecule has 1 amide bonds. The van der Waals surface area contributed by atoms with Crippen LogP contribution in [0.2, 0.25) is 0 Å². The number of hydrogen-bond donors (Lipinski definition) is 1. The van der Waals surface area contributed by atoms with Gasteiger partial charge in [-0.25, -0.2) is 0 Å². The van der Waals surface area contributed by atoms with E-state index in [2.05, 4.69) is 27.2 Å². The lowest BCUT2D eigenvalue weighted by Crippen LogP contribution is -2.45. The highest BCUT2D eigenvalue weighted by atomic mass is 16.2. The highest BCUT2D eigenvalue weighted by Crippen LogP contribution is 2.25. The first kappa shape index (κ1) is 17.0. The van der Waals surface area contributed by atoms with E-state index in [1.807, 2.05) is 12.1 Å². The number of carbonyl (C=O) groups excluding carboxylic acids is 1. The second kappa shape index (κ2) is 7.88. The molecule has 25 heavy (non-hydrogen) atoms. The van der Waals surface area contributed by atoms with Crippen LogP contribution in [-0.4, -0.2) is 61.0 Å². The molecule has 3 fully saturated rings. The fourth-order valence-corrected chi connectivity index (χ4v) is 4.76. The molecular weight excluding hydrogens is 310 g/mol. The SMILES string of the molecule is O=C(c1ccc([C@@H]2CCCNC2)cc1)N1CCC(N2CCCC2)CC1. The summed E-state index contributed by atoms with van der Waals surface area (Å²) >= 11 is 0. The van der Waals surface area contributed by atoms with Crippen molar-refractivity contribution in [3.05, 3.63) is 35.4 Å². The van der Waals surface area contributed by atoms with Gasteiger partial charge in [0.15, 0.2) is 0 Å². The maximum Gasteiger partial charge on any atom is 0.253 e. The van der Waals surface area contributed by atoms with Crippen LogP contribution < -0.4 is 5.32 Å². The first-order valence-corrected chi connectivity index (χ1v) is 10.2. The summed E-state index contributed by atoms with van der Waals surface area (Å²) in [6, 6.07) is 9.12. The van der Waals surface area contributed by atoms with Crippen molar-refractivity contribution >= 4 is 5.91 Å². The topological polar surface area (TPSA) is 35.6 Å². The van der Waals surface area contributed by atoms with E-state index in [9.17, 15) is 4.79 Å². The van der Waals surface area contributed by atoms with E-state index < -0.39 is 0 Å². The van der Waals surface area contributed by atoms with E-state index in [0.29, 0.717) is 12.0 Å². The molecule has 3 heterocycles. The van der Waals surface area contributed by atoms with Crippen LogP contribution in [0.15, 0.2) is 24.3 Å². The lowest BCUT2D eigenvalue weighted by molar-refractivity contribution is 0.0644. The molecule has 4 rings (SSSR count). The van der Waals surface area contributed by atoms with Crippen LogP contribution in [0, 0.1) is 0 Å². The molecule has 1 atom stereocenters. The Labute approximate surface area is 151 Å². The second-order valence-electron chi connectivity index (χ2n) is 7.93. The summed E-state index contributed by atoms with van der Waals surface area (Å²) in [4.78, 5) is 17.5. The van der Waals surface area contributed by atoms with Crippen LogP contribution in [0.25, 0.3) is 0 Å². The number of rotatable bonds is 3. The highest BCUT2D eigenvalue weighted by molar-refractivity contribution is 5.94. The molecule has 0 aromatic heterocycles. The van der Waals surface area contributed by atoms with Gasteiger partial charge in [0.2, 0.25) is 0 Å². The van der Waals surface area contributed by atoms with E-state index in [1.54, 1.807) is 0 Å². The maximum atomic E-state index is 12.8. The van der Waals surface area contributed by atoms with Gasteiger partial charge in [-0.2, -0.15) is 0 Å². The number of hydrogen-bond acceptors (Lipinski definition) is 3. The number of amides is 1. The molecule has 4 nitrogen and oxygen atoms in total. The molecule has 0 saturated carbocycles. The van der Waals surface area contributed by atoms with Gasteiger partial charge >= 0.3 is 0 Å². The Morgan fingerprint density at radius 1 is 0.920 bits per heavy atom. The molecule has 0 bridgehead atoms. The Balaban J connectivity index is 1.33. The lowest BCUT2D eigenvalue weighted by atomic mass is 9.91. The van der Waals surface area contributed by atoms with Gasteiger partial charge in [-0.3, -0.25) is 4.79 Å². The summed E-state index contributed by atoms with van der Waals surface area (Å²) in [6.07, 6.45) is 7.47. The van der Waals surface area contributed by atoms with Crippen molar-refractivity contribution in [1.29, 1.82) is 0 Å². The smallest absolute Gasteiger partial charge is 0.253 e. The third-order valence-electron chi connectivity index (χ3n) is 6.33. The van der Waals surface area contributed by atoms with Gasteiger partial charge < -0.3 is 15.1 Å². The second-order valence-corrected chi connectivity index (χ2v) is 7.93.